The first-order chi connectivity index (χ1) is 8.70. The second kappa shape index (κ2) is 6.64. The van der Waals surface area contributed by atoms with Gasteiger partial charge in [-0.05, 0) is 53.2 Å². The quantitative estimate of drug-likeness (QED) is 0.803. The number of nitrogens with one attached hydrogen (secondary N) is 1. The van der Waals surface area contributed by atoms with Crippen molar-refractivity contribution in [2.24, 2.45) is 0 Å². The molecule has 102 valence electrons. The lowest BCUT2D eigenvalue weighted by molar-refractivity contribution is 0.272. The molecule has 18 heavy (non-hydrogen) atoms. The van der Waals surface area contributed by atoms with E-state index in [-0.39, 0.29) is 0 Å². The van der Waals surface area contributed by atoms with Crippen molar-refractivity contribution in [3.8, 4) is 0 Å². The molecule has 4 heteroatoms. The summed E-state index contributed by atoms with van der Waals surface area (Å²) in [6.07, 6.45) is 5.75. The summed E-state index contributed by atoms with van der Waals surface area (Å²) in [7, 11) is 2.01. The van der Waals surface area contributed by atoms with Crippen LogP contribution in [0.3, 0.4) is 0 Å². The molecule has 2 rings (SSSR count). The summed E-state index contributed by atoms with van der Waals surface area (Å²) in [5.41, 5.74) is 0. The van der Waals surface area contributed by atoms with Gasteiger partial charge in [-0.2, -0.15) is 0 Å². The number of aryl methyl sites for hydroxylation is 1. The molecule has 1 aliphatic heterocycles. The Balaban J connectivity index is 1.86. The molecule has 1 aromatic rings. The Hall–Kier alpha value is -0.450. The third-order valence-electron chi connectivity index (χ3n) is 3.72. The maximum atomic E-state index is 4.64. The molecule has 1 N–H and O–H groups in total. The third kappa shape index (κ3) is 3.53. The third-order valence-corrected chi connectivity index (χ3v) is 4.94. The molecule has 0 saturated carbocycles. The van der Waals surface area contributed by atoms with Crippen LogP contribution >= 0.6 is 11.3 Å². The number of thiazole rings is 1. The summed E-state index contributed by atoms with van der Waals surface area (Å²) >= 11 is 1.93. The van der Waals surface area contributed by atoms with Gasteiger partial charge in [-0.15, -0.1) is 11.3 Å². The van der Waals surface area contributed by atoms with Crippen molar-refractivity contribution in [1.82, 2.24) is 15.2 Å². The van der Waals surface area contributed by atoms with E-state index in [1.165, 1.54) is 42.2 Å². The molecule has 0 spiro atoms. The first kappa shape index (κ1) is 14.0. The van der Waals surface area contributed by atoms with E-state index in [0.29, 0.717) is 12.0 Å². The maximum absolute atomic E-state index is 4.64. The molecule has 2 heterocycles. The van der Waals surface area contributed by atoms with Gasteiger partial charge in [0.15, 0.2) is 0 Å². The Morgan fingerprint density at radius 1 is 1.56 bits per heavy atom. The Morgan fingerprint density at radius 3 is 3.06 bits per heavy atom. The van der Waals surface area contributed by atoms with E-state index < -0.39 is 0 Å². The standard InChI is InChI=1S/C14H25N3S/c1-11(2)17-8-6-12(10-17)14-16-9-13(18-14)5-4-7-15-3/h9,11-12,15H,4-8,10H2,1-3H3. The van der Waals surface area contributed by atoms with Crippen LogP contribution in [0.25, 0.3) is 0 Å². The number of hydrogen-bond acceptors (Lipinski definition) is 4. The number of rotatable bonds is 6. The van der Waals surface area contributed by atoms with Gasteiger partial charge < -0.3 is 10.2 Å². The highest BCUT2D eigenvalue weighted by Crippen LogP contribution is 2.31. The van der Waals surface area contributed by atoms with Crippen LogP contribution < -0.4 is 5.32 Å². The lowest BCUT2D eigenvalue weighted by atomic mass is 10.1. The van der Waals surface area contributed by atoms with E-state index in [9.17, 15) is 0 Å². The molecule has 0 amide bonds. The van der Waals surface area contributed by atoms with Crippen molar-refractivity contribution in [1.29, 1.82) is 0 Å². The molecule has 1 aliphatic rings. The fraction of sp³-hybridized carbons (Fsp3) is 0.786. The molecule has 1 unspecified atom stereocenters. The molecule has 3 nitrogen and oxygen atoms in total. The van der Waals surface area contributed by atoms with Crippen LogP contribution in [0.4, 0.5) is 0 Å². The predicted octanol–water partition coefficient (Wildman–Crippen LogP) is 2.49. The topological polar surface area (TPSA) is 28.2 Å². The summed E-state index contributed by atoms with van der Waals surface area (Å²) in [6, 6.07) is 0.671. The summed E-state index contributed by atoms with van der Waals surface area (Å²) in [6.45, 7) is 8.09. The van der Waals surface area contributed by atoms with Crippen molar-refractivity contribution >= 4 is 11.3 Å². The molecule has 0 bridgehead atoms. The van der Waals surface area contributed by atoms with E-state index in [2.05, 4.69) is 35.2 Å². The molecular formula is C14H25N3S. The lowest BCUT2D eigenvalue weighted by Gasteiger charge is -2.19. The zero-order chi connectivity index (χ0) is 13.0. The van der Waals surface area contributed by atoms with Gasteiger partial charge >= 0.3 is 0 Å². The first-order valence-electron chi connectivity index (χ1n) is 7.04. The Morgan fingerprint density at radius 2 is 2.39 bits per heavy atom. The van der Waals surface area contributed by atoms with Crippen LogP contribution in [-0.4, -0.2) is 42.6 Å². The predicted molar refractivity (Wildman–Crippen MR) is 78.4 cm³/mol. The fourth-order valence-electron chi connectivity index (χ4n) is 2.52. The molecule has 0 aromatic carbocycles. The number of aromatic nitrogens is 1. The van der Waals surface area contributed by atoms with Crippen molar-refractivity contribution in [3.63, 3.8) is 0 Å². The Bertz CT molecular complexity index is 362. The number of likely N-dealkylation sites (tertiary alicyclic amines) is 1. The second-order valence-electron chi connectivity index (χ2n) is 5.45. The zero-order valence-corrected chi connectivity index (χ0v) is 12.6. The molecule has 1 fully saturated rings. The van der Waals surface area contributed by atoms with Crippen molar-refractivity contribution in [2.75, 3.05) is 26.7 Å². The van der Waals surface area contributed by atoms with Crippen molar-refractivity contribution in [2.45, 2.75) is 45.1 Å². The van der Waals surface area contributed by atoms with Crippen LogP contribution in [0.2, 0.25) is 0 Å². The van der Waals surface area contributed by atoms with E-state index in [1.807, 2.05) is 18.4 Å². The molecular weight excluding hydrogens is 242 g/mol. The number of hydrogen-bond donors (Lipinski definition) is 1. The molecule has 1 saturated heterocycles. The monoisotopic (exact) mass is 267 g/mol. The first-order valence-corrected chi connectivity index (χ1v) is 7.85. The van der Waals surface area contributed by atoms with Gasteiger partial charge in [0.05, 0.1) is 5.01 Å². The van der Waals surface area contributed by atoms with Crippen LogP contribution in [0.15, 0.2) is 6.20 Å². The van der Waals surface area contributed by atoms with E-state index in [0.717, 1.165) is 6.54 Å². The number of nitrogens with zero attached hydrogens (tertiary/aromatic N) is 2. The summed E-state index contributed by atoms with van der Waals surface area (Å²) in [4.78, 5) is 8.65. The largest absolute Gasteiger partial charge is 0.320 e. The van der Waals surface area contributed by atoms with Crippen molar-refractivity contribution in [3.05, 3.63) is 16.1 Å². The Kier molecular flexibility index (Phi) is 5.15. The minimum atomic E-state index is 0.671. The molecule has 0 radical (unpaired) electrons. The van der Waals surface area contributed by atoms with Gasteiger partial charge in [0.25, 0.3) is 0 Å². The molecule has 1 atom stereocenters. The highest BCUT2D eigenvalue weighted by atomic mass is 32.1. The fourth-order valence-corrected chi connectivity index (χ4v) is 3.61. The van der Waals surface area contributed by atoms with Crippen LogP contribution in [0.1, 0.15) is 42.5 Å². The van der Waals surface area contributed by atoms with E-state index in [1.54, 1.807) is 0 Å². The summed E-state index contributed by atoms with van der Waals surface area (Å²) < 4.78 is 0. The van der Waals surface area contributed by atoms with Crippen LogP contribution in [-0.2, 0) is 6.42 Å². The molecule has 1 aromatic heterocycles. The highest BCUT2D eigenvalue weighted by Gasteiger charge is 2.27. The molecule has 0 aliphatic carbocycles. The van der Waals surface area contributed by atoms with Gasteiger partial charge in [-0.3, -0.25) is 0 Å². The minimum Gasteiger partial charge on any atom is -0.320 e. The van der Waals surface area contributed by atoms with Gasteiger partial charge in [-0.25, -0.2) is 4.98 Å². The second-order valence-corrected chi connectivity index (χ2v) is 6.59. The van der Waals surface area contributed by atoms with E-state index >= 15 is 0 Å². The smallest absolute Gasteiger partial charge is 0.0971 e. The highest BCUT2D eigenvalue weighted by molar-refractivity contribution is 7.11. The van der Waals surface area contributed by atoms with E-state index in [4.69, 9.17) is 0 Å². The average molecular weight is 267 g/mol. The maximum Gasteiger partial charge on any atom is 0.0971 e. The van der Waals surface area contributed by atoms with Gasteiger partial charge in [0, 0.05) is 29.6 Å². The van der Waals surface area contributed by atoms with Crippen LogP contribution in [0.5, 0.6) is 0 Å². The van der Waals surface area contributed by atoms with Gasteiger partial charge in [0.2, 0.25) is 0 Å². The average Bonchev–Trinajstić information content (AvgIpc) is 2.97. The minimum absolute atomic E-state index is 0.671. The Labute approximate surface area is 115 Å². The summed E-state index contributed by atoms with van der Waals surface area (Å²) in [5.74, 6) is 0.676. The normalized spacial score (nSPS) is 21.0. The van der Waals surface area contributed by atoms with Crippen LogP contribution in [0, 0.1) is 0 Å². The summed E-state index contributed by atoms with van der Waals surface area (Å²) in [5, 5.41) is 4.55. The van der Waals surface area contributed by atoms with Crippen molar-refractivity contribution < 1.29 is 0 Å². The van der Waals surface area contributed by atoms with Gasteiger partial charge in [-0.1, -0.05) is 0 Å². The lowest BCUT2D eigenvalue weighted by Crippen LogP contribution is -2.27. The zero-order valence-electron chi connectivity index (χ0n) is 11.8. The SMILES string of the molecule is CNCCCc1cnc(C2CCN(C(C)C)C2)s1. The van der Waals surface area contributed by atoms with Gasteiger partial charge in [0.1, 0.15) is 0 Å².